The minimum Gasteiger partial charge on any atom is -0.351 e. The number of amides is 1. The van der Waals surface area contributed by atoms with Crippen molar-refractivity contribution < 1.29 is 4.79 Å². The van der Waals surface area contributed by atoms with E-state index in [-0.39, 0.29) is 12.5 Å². The number of hydrogen-bond donors (Lipinski definition) is 2. The minimum absolute atomic E-state index is 0.0358. The molecule has 0 spiro atoms. The molecule has 0 aliphatic heterocycles. The molecule has 1 aromatic rings. The number of aromatic amines is 1. The summed E-state index contributed by atoms with van der Waals surface area (Å²) in [6, 6.07) is 0. The largest absolute Gasteiger partial charge is 0.351 e. The third-order valence-corrected chi connectivity index (χ3v) is 2.78. The van der Waals surface area contributed by atoms with Crippen molar-refractivity contribution in [2.24, 2.45) is 0 Å². The Morgan fingerprint density at radius 1 is 1.79 bits per heavy atom. The van der Waals surface area contributed by atoms with Crippen molar-refractivity contribution >= 4 is 34.6 Å². The first kappa shape index (κ1) is 11.1. The van der Waals surface area contributed by atoms with Gasteiger partial charge in [0.05, 0.1) is 6.54 Å². The molecule has 0 saturated heterocycles. The number of likely N-dealkylation sites (N-methyl/N-ethyl adjacent to an activating group) is 1. The van der Waals surface area contributed by atoms with Crippen molar-refractivity contribution in [2.45, 2.75) is 6.92 Å². The van der Waals surface area contributed by atoms with Gasteiger partial charge in [-0.2, -0.15) is 0 Å². The molecule has 0 saturated carbocycles. The number of nitrogens with one attached hydrogen (secondary N) is 2. The van der Waals surface area contributed by atoms with Gasteiger partial charge in [0.15, 0.2) is 3.95 Å². The van der Waals surface area contributed by atoms with Gasteiger partial charge in [-0.05, 0) is 19.1 Å². The van der Waals surface area contributed by atoms with Gasteiger partial charge >= 0.3 is 0 Å². The molecule has 0 fully saturated rings. The summed E-state index contributed by atoms with van der Waals surface area (Å²) in [6.07, 6.45) is 0. The molecule has 0 radical (unpaired) electrons. The highest BCUT2D eigenvalue weighted by molar-refractivity contribution is 7.73. The first-order valence-electron chi connectivity index (χ1n) is 4.16. The van der Waals surface area contributed by atoms with E-state index in [1.807, 2.05) is 6.92 Å². The van der Waals surface area contributed by atoms with Gasteiger partial charge in [0.2, 0.25) is 11.0 Å². The van der Waals surface area contributed by atoms with Gasteiger partial charge in [0.1, 0.15) is 0 Å². The Morgan fingerprint density at radius 3 is 3.00 bits per heavy atom. The Balaban J connectivity index is 2.41. The fourth-order valence-corrected chi connectivity index (χ4v) is 1.55. The molecule has 1 amide bonds. The first-order valence-corrected chi connectivity index (χ1v) is 5.39. The predicted octanol–water partition coefficient (Wildman–Crippen LogP) is 1.09. The number of nitrogens with zero attached hydrogens (tertiary/aromatic N) is 2. The summed E-state index contributed by atoms with van der Waals surface area (Å²) in [5.74, 6) is 0.0358. The van der Waals surface area contributed by atoms with Crippen LogP contribution in [0.25, 0.3) is 0 Å². The van der Waals surface area contributed by atoms with E-state index in [4.69, 9.17) is 12.2 Å². The molecular formula is C7H12N4OS2. The van der Waals surface area contributed by atoms with Gasteiger partial charge in [0, 0.05) is 13.6 Å². The molecule has 14 heavy (non-hydrogen) atoms. The lowest BCUT2D eigenvalue weighted by atomic mass is 10.5. The van der Waals surface area contributed by atoms with Crippen LogP contribution < -0.4 is 5.32 Å². The summed E-state index contributed by atoms with van der Waals surface area (Å²) in [5.41, 5.74) is 0. The van der Waals surface area contributed by atoms with Crippen LogP contribution in [0.2, 0.25) is 0 Å². The lowest BCUT2D eigenvalue weighted by Gasteiger charge is -2.13. The number of H-pyrrole nitrogens is 1. The second kappa shape index (κ2) is 5.06. The molecular weight excluding hydrogens is 220 g/mol. The fraction of sp³-hybridized carbons (Fsp3) is 0.571. The van der Waals surface area contributed by atoms with E-state index in [9.17, 15) is 4.79 Å². The zero-order chi connectivity index (χ0) is 10.6. The number of carbonyl (C=O) groups is 1. The second-order valence-corrected chi connectivity index (χ2v) is 4.35. The summed E-state index contributed by atoms with van der Waals surface area (Å²) in [6.45, 7) is 2.88. The van der Waals surface area contributed by atoms with Crippen molar-refractivity contribution in [3.8, 4) is 0 Å². The van der Waals surface area contributed by atoms with E-state index in [0.717, 1.165) is 0 Å². The van der Waals surface area contributed by atoms with Gasteiger partial charge in [0.25, 0.3) is 0 Å². The van der Waals surface area contributed by atoms with Gasteiger partial charge in [-0.3, -0.25) is 9.89 Å². The highest BCUT2D eigenvalue weighted by Crippen LogP contribution is 2.09. The van der Waals surface area contributed by atoms with Gasteiger partial charge in [-0.1, -0.05) is 11.3 Å². The molecule has 78 valence electrons. The maximum atomic E-state index is 11.4. The minimum atomic E-state index is 0.0358. The highest BCUT2D eigenvalue weighted by Gasteiger charge is 2.06. The Morgan fingerprint density at radius 2 is 2.50 bits per heavy atom. The quantitative estimate of drug-likeness (QED) is 0.763. The molecule has 7 heteroatoms. The summed E-state index contributed by atoms with van der Waals surface area (Å²) in [5, 5.41) is 10.1. The van der Waals surface area contributed by atoms with Crippen LogP contribution in [-0.2, 0) is 4.79 Å². The zero-order valence-electron chi connectivity index (χ0n) is 8.03. The molecule has 0 bridgehead atoms. The van der Waals surface area contributed by atoms with Crippen molar-refractivity contribution in [3.63, 3.8) is 0 Å². The SMILES string of the molecule is CCN(C)C(=O)CNc1n[nH]c(=S)s1. The number of rotatable bonds is 4. The molecule has 2 N–H and O–H groups in total. The predicted molar refractivity (Wildman–Crippen MR) is 59.1 cm³/mol. The van der Waals surface area contributed by atoms with Crippen LogP contribution in [-0.4, -0.2) is 41.1 Å². The maximum absolute atomic E-state index is 11.4. The van der Waals surface area contributed by atoms with Crippen LogP contribution in [0.5, 0.6) is 0 Å². The Labute approximate surface area is 91.1 Å². The Bertz CT molecular complexity index is 359. The molecule has 0 aliphatic carbocycles. The van der Waals surface area contributed by atoms with Crippen LogP contribution in [0.3, 0.4) is 0 Å². The number of anilines is 1. The van der Waals surface area contributed by atoms with Gasteiger partial charge in [-0.15, -0.1) is 5.10 Å². The number of hydrogen-bond acceptors (Lipinski definition) is 5. The summed E-state index contributed by atoms with van der Waals surface area (Å²) in [4.78, 5) is 13.0. The normalized spacial score (nSPS) is 9.86. The van der Waals surface area contributed by atoms with Crippen LogP contribution in [0.4, 0.5) is 5.13 Å². The van der Waals surface area contributed by atoms with Crippen molar-refractivity contribution in [3.05, 3.63) is 3.95 Å². The van der Waals surface area contributed by atoms with E-state index >= 15 is 0 Å². The van der Waals surface area contributed by atoms with Crippen LogP contribution in [0.1, 0.15) is 6.92 Å². The average Bonchev–Trinajstić information content (AvgIpc) is 2.59. The molecule has 1 heterocycles. The van der Waals surface area contributed by atoms with Crippen molar-refractivity contribution in [1.82, 2.24) is 15.1 Å². The molecule has 0 unspecified atom stereocenters. The first-order chi connectivity index (χ1) is 6.63. The van der Waals surface area contributed by atoms with E-state index in [2.05, 4.69) is 15.5 Å². The van der Waals surface area contributed by atoms with Gasteiger partial charge in [-0.25, -0.2) is 0 Å². The standard InChI is InChI=1S/C7H12N4OS2/c1-3-11(2)5(12)4-8-6-9-10-7(13)14-6/h3-4H2,1-2H3,(H,8,9)(H,10,13). The maximum Gasteiger partial charge on any atom is 0.241 e. The van der Waals surface area contributed by atoms with Crippen molar-refractivity contribution in [1.29, 1.82) is 0 Å². The van der Waals surface area contributed by atoms with Crippen LogP contribution in [0, 0.1) is 3.95 Å². The molecule has 1 rings (SSSR count). The third kappa shape index (κ3) is 3.08. The number of aromatic nitrogens is 2. The molecule has 0 aliphatic rings. The summed E-state index contributed by atoms with van der Waals surface area (Å²) < 4.78 is 0.601. The Kier molecular flexibility index (Phi) is 4.02. The van der Waals surface area contributed by atoms with Gasteiger partial charge < -0.3 is 10.2 Å². The third-order valence-electron chi connectivity index (χ3n) is 1.73. The lowest BCUT2D eigenvalue weighted by molar-refractivity contribution is -0.127. The van der Waals surface area contributed by atoms with E-state index < -0.39 is 0 Å². The smallest absolute Gasteiger partial charge is 0.241 e. The lowest BCUT2D eigenvalue weighted by Crippen LogP contribution is -2.31. The second-order valence-electron chi connectivity index (χ2n) is 2.68. The molecule has 0 aromatic carbocycles. The van der Waals surface area contributed by atoms with Crippen LogP contribution >= 0.6 is 23.6 Å². The van der Waals surface area contributed by atoms with E-state index in [1.165, 1.54) is 11.3 Å². The molecule has 0 atom stereocenters. The highest BCUT2D eigenvalue weighted by atomic mass is 32.1. The zero-order valence-corrected chi connectivity index (χ0v) is 9.67. The van der Waals surface area contributed by atoms with E-state index in [0.29, 0.717) is 15.6 Å². The van der Waals surface area contributed by atoms with Crippen LogP contribution in [0.15, 0.2) is 0 Å². The number of carbonyl (C=O) groups excluding carboxylic acids is 1. The van der Waals surface area contributed by atoms with Crippen molar-refractivity contribution in [2.75, 3.05) is 25.5 Å². The van der Waals surface area contributed by atoms with E-state index in [1.54, 1.807) is 11.9 Å². The molecule has 5 nitrogen and oxygen atoms in total. The summed E-state index contributed by atoms with van der Waals surface area (Å²) in [7, 11) is 1.76. The topological polar surface area (TPSA) is 61.0 Å². The fourth-order valence-electron chi connectivity index (χ4n) is 0.768. The molecule has 1 aromatic heterocycles. The monoisotopic (exact) mass is 232 g/mol. The Hall–Kier alpha value is -0.950. The summed E-state index contributed by atoms with van der Waals surface area (Å²) >= 11 is 6.17. The average molecular weight is 232 g/mol.